The van der Waals surface area contributed by atoms with Crippen LogP contribution in [-0.4, -0.2) is 9.52 Å². The minimum Gasteiger partial charge on any atom is -0.107 e. The van der Waals surface area contributed by atoms with Crippen molar-refractivity contribution in [2.24, 2.45) is 0 Å². The first-order valence-corrected chi connectivity index (χ1v) is 6.38. The molecule has 0 radical (unpaired) electrons. The van der Waals surface area contributed by atoms with E-state index in [1.54, 1.807) is 5.54 Å². The van der Waals surface area contributed by atoms with Gasteiger partial charge in [-0.1, -0.05) is 30.6 Å². The summed E-state index contributed by atoms with van der Waals surface area (Å²) in [6.45, 7) is 2.19. The van der Waals surface area contributed by atoms with E-state index in [0.717, 1.165) is 12.5 Å². The molecule has 0 aliphatic heterocycles. The Balaban J connectivity index is 3.12. The van der Waals surface area contributed by atoms with Crippen molar-refractivity contribution in [3.05, 3.63) is 11.2 Å². The zero-order valence-corrected chi connectivity index (χ0v) is 9.24. The second-order valence-corrected chi connectivity index (χ2v) is 4.16. The van der Waals surface area contributed by atoms with Gasteiger partial charge in [-0.3, -0.25) is 0 Å². The molecule has 0 fully saturated rings. The largest absolute Gasteiger partial charge is 0.107 e. The molecule has 0 amide bonds. The van der Waals surface area contributed by atoms with Gasteiger partial charge >= 0.3 is 0 Å². The fraction of sp³-hybridized carbons (Fsp3) is 0.556. The van der Waals surface area contributed by atoms with E-state index in [4.69, 9.17) is 11.6 Å². The molecule has 0 bridgehead atoms. The molecule has 0 atom stereocenters. The molecule has 0 saturated carbocycles. The highest BCUT2D eigenvalue weighted by Gasteiger charge is 1.77. The number of hydrogen-bond donors (Lipinski definition) is 0. The Labute approximate surface area is 76.8 Å². The summed E-state index contributed by atoms with van der Waals surface area (Å²) < 4.78 is 0. The van der Waals surface area contributed by atoms with Gasteiger partial charge in [-0.2, -0.15) is 0 Å². The molecular weight excluding hydrogens is 172 g/mol. The topological polar surface area (TPSA) is 0 Å². The Morgan fingerprint density at radius 3 is 2.91 bits per heavy atom. The van der Waals surface area contributed by atoms with Crippen LogP contribution in [0.3, 0.4) is 0 Å². The molecule has 0 saturated heterocycles. The predicted molar refractivity (Wildman–Crippen MR) is 55.6 cm³/mol. The second kappa shape index (κ2) is 9.81. The molecule has 0 aromatic carbocycles. The van der Waals surface area contributed by atoms with Crippen LogP contribution in [0.1, 0.15) is 26.2 Å². The standard InChI is InChI=1S/C9H15ClSi/c1-2-3-4-5-6-8-11-9-7-10/h7,9H,2-4,8,11H2,1H3. The van der Waals surface area contributed by atoms with Gasteiger partial charge in [-0.15, -0.1) is 11.8 Å². The highest BCUT2D eigenvalue weighted by Crippen LogP contribution is 1.90. The maximum atomic E-state index is 5.37. The van der Waals surface area contributed by atoms with Crippen molar-refractivity contribution in [1.82, 2.24) is 0 Å². The van der Waals surface area contributed by atoms with Crippen molar-refractivity contribution >= 4 is 21.1 Å². The minimum absolute atomic E-state index is 0.109. The molecule has 0 heterocycles. The highest BCUT2D eigenvalue weighted by molar-refractivity contribution is 6.45. The summed E-state index contributed by atoms with van der Waals surface area (Å²) in [6.07, 6.45) is 3.54. The molecule has 0 nitrogen and oxygen atoms in total. The lowest BCUT2D eigenvalue weighted by Crippen LogP contribution is -1.78. The van der Waals surface area contributed by atoms with Gasteiger partial charge in [-0.05, 0) is 12.0 Å². The molecule has 0 aliphatic rings. The van der Waals surface area contributed by atoms with Gasteiger partial charge in [-0.25, -0.2) is 0 Å². The number of hydrogen-bond acceptors (Lipinski definition) is 0. The van der Waals surface area contributed by atoms with Gasteiger partial charge in [0.2, 0.25) is 0 Å². The quantitative estimate of drug-likeness (QED) is 0.360. The molecule has 0 aromatic rings. The maximum Gasteiger partial charge on any atom is 0.0598 e. The van der Waals surface area contributed by atoms with Gasteiger partial charge in [0, 0.05) is 12.5 Å². The van der Waals surface area contributed by atoms with Crippen LogP contribution < -0.4 is 0 Å². The Hall–Kier alpha value is -0.193. The Morgan fingerprint density at radius 1 is 1.45 bits per heavy atom. The van der Waals surface area contributed by atoms with Gasteiger partial charge < -0.3 is 0 Å². The molecule has 11 heavy (non-hydrogen) atoms. The van der Waals surface area contributed by atoms with E-state index >= 15 is 0 Å². The molecule has 0 aliphatic carbocycles. The second-order valence-electron chi connectivity index (χ2n) is 2.36. The molecule has 0 rings (SSSR count). The molecule has 2 heteroatoms. The van der Waals surface area contributed by atoms with Gasteiger partial charge in [0.05, 0.1) is 9.52 Å². The van der Waals surface area contributed by atoms with E-state index in [-0.39, 0.29) is 9.52 Å². The van der Waals surface area contributed by atoms with E-state index < -0.39 is 0 Å². The van der Waals surface area contributed by atoms with Crippen LogP contribution in [0.4, 0.5) is 0 Å². The zero-order valence-electron chi connectivity index (χ0n) is 7.07. The van der Waals surface area contributed by atoms with Crippen LogP contribution in [0.5, 0.6) is 0 Å². The molecule has 0 N–H and O–H groups in total. The third-order valence-corrected chi connectivity index (χ3v) is 2.89. The van der Waals surface area contributed by atoms with Crippen LogP contribution in [0.25, 0.3) is 0 Å². The monoisotopic (exact) mass is 186 g/mol. The zero-order chi connectivity index (χ0) is 8.36. The Bertz CT molecular complexity index is 153. The van der Waals surface area contributed by atoms with Crippen LogP contribution in [0.2, 0.25) is 6.04 Å². The van der Waals surface area contributed by atoms with E-state index in [1.165, 1.54) is 12.8 Å². The average molecular weight is 187 g/mol. The molecule has 0 spiro atoms. The van der Waals surface area contributed by atoms with E-state index in [1.807, 2.05) is 0 Å². The van der Waals surface area contributed by atoms with Gasteiger partial charge in [0.1, 0.15) is 0 Å². The summed E-state index contributed by atoms with van der Waals surface area (Å²) in [4.78, 5) is 0. The molecule has 0 unspecified atom stereocenters. The van der Waals surface area contributed by atoms with Crippen molar-refractivity contribution in [2.75, 3.05) is 0 Å². The fourth-order valence-corrected chi connectivity index (χ4v) is 1.65. The van der Waals surface area contributed by atoms with Crippen LogP contribution in [0, 0.1) is 11.8 Å². The number of unbranched alkanes of at least 4 members (excludes halogenated alkanes) is 2. The fourth-order valence-electron chi connectivity index (χ4n) is 0.660. The SMILES string of the molecule is CCCCC#CC[SiH2]C=CCl. The Morgan fingerprint density at radius 2 is 2.27 bits per heavy atom. The summed E-state index contributed by atoms with van der Waals surface area (Å²) in [7, 11) is -0.109. The first-order valence-electron chi connectivity index (χ1n) is 4.12. The maximum absolute atomic E-state index is 5.37. The average Bonchev–Trinajstić information content (AvgIpc) is 2.03. The van der Waals surface area contributed by atoms with E-state index in [2.05, 4.69) is 24.5 Å². The number of halogens is 1. The first kappa shape index (κ1) is 10.8. The lowest BCUT2D eigenvalue weighted by Gasteiger charge is -1.83. The first-order chi connectivity index (χ1) is 5.41. The molecular formula is C9H15ClSi. The van der Waals surface area contributed by atoms with E-state index in [0.29, 0.717) is 0 Å². The Kier molecular flexibility index (Phi) is 9.63. The predicted octanol–water partition coefficient (Wildman–Crippen LogP) is 2.48. The third-order valence-electron chi connectivity index (χ3n) is 1.31. The van der Waals surface area contributed by atoms with Crippen molar-refractivity contribution in [1.29, 1.82) is 0 Å². The molecule has 0 aromatic heterocycles. The van der Waals surface area contributed by atoms with Crippen molar-refractivity contribution < 1.29 is 0 Å². The minimum atomic E-state index is -0.109. The normalized spacial score (nSPS) is 10.7. The lowest BCUT2D eigenvalue weighted by atomic mass is 10.3. The van der Waals surface area contributed by atoms with Crippen molar-refractivity contribution in [3.8, 4) is 11.8 Å². The lowest BCUT2D eigenvalue weighted by molar-refractivity contribution is 0.828. The summed E-state index contributed by atoms with van der Waals surface area (Å²) in [5.41, 5.74) is 3.68. The summed E-state index contributed by atoms with van der Waals surface area (Å²) >= 11 is 5.37. The van der Waals surface area contributed by atoms with Crippen LogP contribution in [0.15, 0.2) is 11.2 Å². The van der Waals surface area contributed by atoms with E-state index in [9.17, 15) is 0 Å². The number of rotatable bonds is 4. The molecule has 62 valence electrons. The van der Waals surface area contributed by atoms with Crippen LogP contribution >= 0.6 is 11.6 Å². The van der Waals surface area contributed by atoms with Crippen molar-refractivity contribution in [2.45, 2.75) is 32.2 Å². The van der Waals surface area contributed by atoms with Gasteiger partial charge in [0.25, 0.3) is 0 Å². The third kappa shape index (κ3) is 9.81. The summed E-state index contributed by atoms with van der Waals surface area (Å²) in [6, 6.07) is 1.08. The summed E-state index contributed by atoms with van der Waals surface area (Å²) in [5.74, 6) is 6.31. The van der Waals surface area contributed by atoms with Crippen molar-refractivity contribution in [3.63, 3.8) is 0 Å². The summed E-state index contributed by atoms with van der Waals surface area (Å²) in [5, 5.41) is 0. The smallest absolute Gasteiger partial charge is 0.0598 e. The highest BCUT2D eigenvalue weighted by atomic mass is 35.5. The van der Waals surface area contributed by atoms with Crippen LogP contribution in [-0.2, 0) is 0 Å². The van der Waals surface area contributed by atoms with Gasteiger partial charge in [0.15, 0.2) is 0 Å².